The molecule has 0 aliphatic heterocycles. The number of hydrogen-bond donors (Lipinski definition) is 2. The highest BCUT2D eigenvalue weighted by atomic mass is 32.2. The van der Waals surface area contributed by atoms with Crippen LogP contribution in [0.4, 0.5) is 0 Å². The van der Waals surface area contributed by atoms with Gasteiger partial charge in [0.2, 0.25) is 0 Å². The van der Waals surface area contributed by atoms with E-state index in [0.717, 1.165) is 18.4 Å². The van der Waals surface area contributed by atoms with Gasteiger partial charge in [-0.3, -0.25) is 4.79 Å². The first-order valence-electron chi connectivity index (χ1n) is 8.78. The summed E-state index contributed by atoms with van der Waals surface area (Å²) < 4.78 is 0. The third-order valence-electron chi connectivity index (χ3n) is 3.84. The van der Waals surface area contributed by atoms with Crippen LogP contribution in [-0.2, 0) is 17.6 Å². The van der Waals surface area contributed by atoms with E-state index in [1.165, 1.54) is 5.56 Å². The zero-order chi connectivity index (χ0) is 19.8. The van der Waals surface area contributed by atoms with Gasteiger partial charge in [0.15, 0.2) is 0 Å². The van der Waals surface area contributed by atoms with Crippen LogP contribution in [0.15, 0.2) is 33.7 Å². The lowest BCUT2D eigenvalue weighted by Gasteiger charge is -2.08. The second-order valence-electron chi connectivity index (χ2n) is 5.98. The first-order chi connectivity index (χ1) is 12.5. The normalized spacial score (nSPS) is 11.7. The third-order valence-corrected chi connectivity index (χ3v) is 5.31. The largest absolute Gasteiger partial charge is 0.481 e. The Morgan fingerprint density at radius 1 is 1.04 bits per heavy atom. The van der Waals surface area contributed by atoms with E-state index < -0.39 is 5.97 Å². The minimum absolute atomic E-state index is 0. The number of rotatable bonds is 8. The predicted octanol–water partition coefficient (Wildman–Crippen LogP) is 5.31. The average Bonchev–Trinajstić information content (AvgIpc) is 3.32. The van der Waals surface area contributed by atoms with Gasteiger partial charge in [0.25, 0.3) is 0 Å². The van der Waals surface area contributed by atoms with Crippen molar-refractivity contribution < 1.29 is 15.0 Å². The first kappa shape index (κ1) is 28.5. The minimum Gasteiger partial charge on any atom is -0.481 e. The third kappa shape index (κ3) is 14.0. The van der Waals surface area contributed by atoms with E-state index in [4.69, 9.17) is 10.2 Å². The molecule has 0 aliphatic rings. The highest BCUT2D eigenvalue weighted by Gasteiger charge is 2.15. The second kappa shape index (κ2) is 18.6. The molecule has 2 atom stereocenters. The quantitative estimate of drug-likeness (QED) is 0.561. The molecule has 2 unspecified atom stereocenters. The number of aliphatic carboxylic acids is 1. The zero-order valence-corrected chi connectivity index (χ0v) is 19.2. The van der Waals surface area contributed by atoms with Gasteiger partial charge < -0.3 is 10.2 Å². The molecule has 2 aromatic rings. The molecule has 0 amide bonds. The smallest absolute Gasteiger partial charge is 0.306 e. The Hall–Kier alpha value is -0.755. The molecule has 2 N–H and O–H groups in total. The van der Waals surface area contributed by atoms with Crippen LogP contribution in [0.1, 0.15) is 37.8 Å². The maximum atomic E-state index is 10.7. The SMILES string of the molecule is CCC(CO)Cc1ccsc1.CCC(Cc1ccsc1)C(=O)O.CSC.[B]. The molecule has 27 heavy (non-hydrogen) atoms. The molecule has 0 spiro atoms. The Morgan fingerprint density at radius 2 is 1.52 bits per heavy atom. The van der Waals surface area contributed by atoms with Crippen molar-refractivity contribution in [3.05, 3.63) is 44.8 Å². The van der Waals surface area contributed by atoms with Gasteiger partial charge in [-0.2, -0.15) is 34.4 Å². The Balaban J connectivity index is 0. The molecule has 3 nitrogen and oxygen atoms in total. The Bertz CT molecular complexity index is 541. The van der Waals surface area contributed by atoms with E-state index in [1.54, 1.807) is 34.4 Å². The molecule has 0 saturated carbocycles. The summed E-state index contributed by atoms with van der Waals surface area (Å²) in [4.78, 5) is 10.7. The maximum Gasteiger partial charge on any atom is 0.306 e. The number of carbonyl (C=O) groups is 1. The van der Waals surface area contributed by atoms with E-state index in [2.05, 4.69) is 23.8 Å². The van der Waals surface area contributed by atoms with Crippen molar-refractivity contribution in [2.75, 3.05) is 19.1 Å². The standard InChI is InChI=1S/C9H12O2S.C9H14OS.C2H6S.B/c1-2-8(9(10)11)5-7-3-4-12-6-7;1-2-8(6-10)5-9-3-4-11-7-9;1-3-2;/h3-4,6,8H,2,5H2,1H3,(H,10,11);3-4,7-8,10H,2,5-6H2,1H3;1-2H3;. The predicted molar refractivity (Wildman–Crippen MR) is 124 cm³/mol. The summed E-state index contributed by atoms with van der Waals surface area (Å²) in [5.74, 6) is -0.465. The molecule has 2 aromatic heterocycles. The summed E-state index contributed by atoms with van der Waals surface area (Å²) in [5, 5.41) is 25.9. The van der Waals surface area contributed by atoms with Crippen molar-refractivity contribution in [2.24, 2.45) is 11.8 Å². The van der Waals surface area contributed by atoms with E-state index >= 15 is 0 Å². The molecular weight excluding hydrogens is 395 g/mol. The number of thioether (sulfide) groups is 1. The molecule has 0 aromatic carbocycles. The lowest BCUT2D eigenvalue weighted by molar-refractivity contribution is -0.141. The van der Waals surface area contributed by atoms with Crippen LogP contribution >= 0.6 is 34.4 Å². The topological polar surface area (TPSA) is 57.5 Å². The fraction of sp³-hybridized carbons (Fsp3) is 0.550. The summed E-state index contributed by atoms with van der Waals surface area (Å²) >= 11 is 5.08. The summed E-state index contributed by atoms with van der Waals surface area (Å²) in [6.07, 6.45) is 7.53. The fourth-order valence-electron chi connectivity index (χ4n) is 2.18. The number of carboxylic acid groups (broad SMARTS) is 1. The van der Waals surface area contributed by atoms with Gasteiger partial charge in [0, 0.05) is 15.0 Å². The van der Waals surface area contributed by atoms with Gasteiger partial charge in [0.05, 0.1) is 5.92 Å². The molecule has 7 heteroatoms. The van der Waals surface area contributed by atoms with Gasteiger partial charge >= 0.3 is 5.97 Å². The maximum absolute atomic E-state index is 10.7. The summed E-state index contributed by atoms with van der Waals surface area (Å²) in [6.45, 7) is 4.34. The number of hydrogen-bond acceptors (Lipinski definition) is 5. The van der Waals surface area contributed by atoms with E-state index in [-0.39, 0.29) is 14.3 Å². The van der Waals surface area contributed by atoms with Crippen molar-refractivity contribution >= 4 is 48.8 Å². The molecule has 3 radical (unpaired) electrons. The number of thiophene rings is 2. The van der Waals surface area contributed by atoms with Crippen molar-refractivity contribution in [1.29, 1.82) is 0 Å². The molecule has 2 heterocycles. The summed E-state index contributed by atoms with van der Waals surface area (Å²) in [7, 11) is 0. The van der Waals surface area contributed by atoms with Gasteiger partial charge in [-0.1, -0.05) is 20.3 Å². The van der Waals surface area contributed by atoms with Crippen LogP contribution in [0.5, 0.6) is 0 Å². The number of aliphatic hydroxyl groups excluding tert-OH is 1. The Labute approximate surface area is 178 Å². The fourth-order valence-corrected chi connectivity index (χ4v) is 3.54. The lowest BCUT2D eigenvalue weighted by atomic mass is 9.99. The number of carboxylic acids is 1. The van der Waals surface area contributed by atoms with Crippen LogP contribution in [0.3, 0.4) is 0 Å². The van der Waals surface area contributed by atoms with Gasteiger partial charge in [-0.25, -0.2) is 0 Å². The van der Waals surface area contributed by atoms with Gasteiger partial charge in [0.1, 0.15) is 0 Å². The first-order valence-corrected chi connectivity index (χ1v) is 12.3. The second-order valence-corrected chi connectivity index (χ2v) is 8.36. The molecular formula is C20H32BO3S3. The van der Waals surface area contributed by atoms with Crippen LogP contribution in [-0.4, -0.2) is 43.7 Å². The molecule has 0 saturated heterocycles. The van der Waals surface area contributed by atoms with Crippen molar-refractivity contribution in [1.82, 2.24) is 0 Å². The van der Waals surface area contributed by atoms with E-state index in [9.17, 15) is 4.79 Å². The van der Waals surface area contributed by atoms with E-state index in [1.807, 2.05) is 36.3 Å². The zero-order valence-electron chi connectivity index (χ0n) is 16.8. The Kier molecular flexibility index (Phi) is 19.6. The average molecular weight is 427 g/mol. The summed E-state index contributed by atoms with van der Waals surface area (Å²) in [6, 6.07) is 4.11. The van der Waals surface area contributed by atoms with E-state index in [0.29, 0.717) is 25.4 Å². The van der Waals surface area contributed by atoms with Crippen molar-refractivity contribution in [3.63, 3.8) is 0 Å². The molecule has 0 fully saturated rings. The van der Waals surface area contributed by atoms with Crippen LogP contribution < -0.4 is 0 Å². The summed E-state index contributed by atoms with van der Waals surface area (Å²) in [5.41, 5.74) is 2.49. The highest BCUT2D eigenvalue weighted by Crippen LogP contribution is 2.15. The highest BCUT2D eigenvalue weighted by molar-refractivity contribution is 7.97. The monoisotopic (exact) mass is 427 g/mol. The minimum atomic E-state index is -0.691. The molecule has 2 rings (SSSR count). The van der Waals surface area contributed by atoms with Crippen molar-refractivity contribution in [2.45, 2.75) is 39.5 Å². The van der Waals surface area contributed by atoms with Crippen molar-refractivity contribution in [3.8, 4) is 0 Å². The molecule has 151 valence electrons. The van der Waals surface area contributed by atoms with Crippen LogP contribution in [0.2, 0.25) is 0 Å². The number of aliphatic hydroxyl groups is 1. The molecule has 0 bridgehead atoms. The van der Waals surface area contributed by atoms with Crippen LogP contribution in [0, 0.1) is 11.8 Å². The van der Waals surface area contributed by atoms with Gasteiger partial charge in [-0.15, -0.1) is 0 Å². The van der Waals surface area contributed by atoms with Gasteiger partial charge in [-0.05, 0) is 82.5 Å². The molecule has 0 aliphatic carbocycles. The van der Waals surface area contributed by atoms with Crippen LogP contribution in [0.25, 0.3) is 0 Å². The lowest BCUT2D eigenvalue weighted by Crippen LogP contribution is -2.14. The Morgan fingerprint density at radius 3 is 1.81 bits per heavy atom.